The van der Waals surface area contributed by atoms with E-state index in [1.165, 1.54) is 0 Å². The van der Waals surface area contributed by atoms with Crippen molar-refractivity contribution in [1.29, 1.82) is 0 Å². The van der Waals surface area contributed by atoms with E-state index < -0.39 is 12.6 Å². The normalized spacial score (nSPS) is 19.9. The monoisotopic (exact) mass is 369 g/mol. The molecule has 0 bridgehead atoms. The molecule has 2 N–H and O–H groups in total. The minimum absolute atomic E-state index is 0.0646. The molecule has 1 amide bonds. The molecule has 4 rings (SSSR count). The van der Waals surface area contributed by atoms with Crippen molar-refractivity contribution in [1.82, 2.24) is 0 Å². The quantitative estimate of drug-likeness (QED) is 0.813. The van der Waals surface area contributed by atoms with Crippen molar-refractivity contribution in [2.45, 2.75) is 12.3 Å². The first-order chi connectivity index (χ1) is 13.1. The number of hydrogen-bond acceptors (Lipinski definition) is 5. The van der Waals surface area contributed by atoms with E-state index >= 15 is 0 Å². The largest absolute Gasteiger partial charge is 0.486 e. The fourth-order valence-electron chi connectivity index (χ4n) is 3.19. The van der Waals surface area contributed by atoms with Gasteiger partial charge in [0.15, 0.2) is 18.1 Å². The zero-order chi connectivity index (χ0) is 18.8. The Labute approximate surface area is 155 Å². The van der Waals surface area contributed by atoms with Gasteiger partial charge in [0.05, 0.1) is 0 Å². The van der Waals surface area contributed by atoms with Gasteiger partial charge in [-0.3, -0.25) is 4.79 Å². The van der Waals surface area contributed by atoms with E-state index in [9.17, 15) is 9.59 Å². The molecule has 27 heavy (non-hydrogen) atoms. The number of benzene rings is 2. The number of ether oxygens (including phenoxy) is 3. The molecule has 0 saturated heterocycles. The number of rotatable bonds is 6. The maximum Gasteiger partial charge on any atom is 0.341 e. The lowest BCUT2D eigenvalue weighted by Gasteiger charge is -2.18. The maximum absolute atomic E-state index is 12.5. The zero-order valence-electron chi connectivity index (χ0n) is 14.5. The predicted molar refractivity (Wildman–Crippen MR) is 96.5 cm³/mol. The van der Waals surface area contributed by atoms with E-state index in [4.69, 9.17) is 19.3 Å². The summed E-state index contributed by atoms with van der Waals surface area (Å²) in [6.45, 7) is 0.660. The van der Waals surface area contributed by atoms with Crippen LogP contribution in [0.1, 0.15) is 17.9 Å². The molecule has 2 aliphatic rings. The molecule has 2 atom stereocenters. The molecular formula is C20H19NO6. The fraction of sp³-hybridized carbons (Fsp3) is 0.300. The van der Waals surface area contributed by atoms with Gasteiger partial charge in [0, 0.05) is 17.7 Å². The smallest absolute Gasteiger partial charge is 0.341 e. The summed E-state index contributed by atoms with van der Waals surface area (Å²) in [7, 11) is 0. The third-order valence-corrected chi connectivity index (χ3v) is 4.59. The first-order valence-electron chi connectivity index (χ1n) is 8.75. The summed E-state index contributed by atoms with van der Waals surface area (Å²) in [6, 6.07) is 12.5. The van der Waals surface area contributed by atoms with E-state index in [-0.39, 0.29) is 17.7 Å². The lowest BCUT2D eigenvalue weighted by molar-refractivity contribution is -0.139. The highest BCUT2D eigenvalue weighted by molar-refractivity contribution is 5.95. The van der Waals surface area contributed by atoms with Crippen LogP contribution >= 0.6 is 0 Å². The third kappa shape index (κ3) is 3.97. The van der Waals surface area contributed by atoms with Crippen molar-refractivity contribution in [2.75, 3.05) is 25.1 Å². The minimum Gasteiger partial charge on any atom is -0.486 e. The molecule has 2 unspecified atom stereocenters. The number of carbonyl (C=O) groups excluding carboxylic acids is 1. The molecule has 1 fully saturated rings. The summed E-state index contributed by atoms with van der Waals surface area (Å²) >= 11 is 0. The van der Waals surface area contributed by atoms with Crippen LogP contribution in [0.25, 0.3) is 0 Å². The average Bonchev–Trinajstić information content (AvgIpc) is 3.47. The lowest BCUT2D eigenvalue weighted by Crippen LogP contribution is -2.16. The van der Waals surface area contributed by atoms with Crippen molar-refractivity contribution in [3.05, 3.63) is 48.0 Å². The second-order valence-corrected chi connectivity index (χ2v) is 6.55. The first-order valence-corrected chi connectivity index (χ1v) is 8.75. The van der Waals surface area contributed by atoms with Crippen LogP contribution in [0.5, 0.6) is 17.2 Å². The molecule has 2 aromatic rings. The van der Waals surface area contributed by atoms with E-state index in [0.717, 1.165) is 23.5 Å². The van der Waals surface area contributed by atoms with E-state index in [1.807, 2.05) is 18.2 Å². The van der Waals surface area contributed by atoms with Gasteiger partial charge in [0.2, 0.25) is 5.91 Å². The zero-order valence-corrected chi connectivity index (χ0v) is 14.5. The third-order valence-electron chi connectivity index (χ3n) is 4.59. The number of fused-ring (bicyclic) bond motifs is 1. The molecule has 0 aromatic heterocycles. The SMILES string of the molecule is O=C(O)COc1cccc(NC(=O)C2CC2c2ccc3c(c2)OCCO3)c1. The number of carboxylic acid groups (broad SMARTS) is 1. The molecule has 140 valence electrons. The van der Waals surface area contributed by atoms with Gasteiger partial charge >= 0.3 is 5.97 Å². The Morgan fingerprint density at radius 2 is 1.93 bits per heavy atom. The van der Waals surface area contributed by atoms with Crippen LogP contribution in [0, 0.1) is 5.92 Å². The lowest BCUT2D eigenvalue weighted by atomic mass is 10.1. The van der Waals surface area contributed by atoms with Gasteiger partial charge in [-0.05, 0) is 42.2 Å². The predicted octanol–water partition coefficient (Wildman–Crippen LogP) is 2.66. The summed E-state index contributed by atoms with van der Waals surface area (Å²) in [5.41, 5.74) is 1.65. The van der Waals surface area contributed by atoms with Crippen molar-refractivity contribution in [3.8, 4) is 17.2 Å². The Balaban J connectivity index is 1.37. The average molecular weight is 369 g/mol. The van der Waals surface area contributed by atoms with Gasteiger partial charge in [-0.1, -0.05) is 12.1 Å². The summed E-state index contributed by atoms with van der Waals surface area (Å²) in [5.74, 6) is 0.811. The van der Waals surface area contributed by atoms with E-state index in [2.05, 4.69) is 5.32 Å². The minimum atomic E-state index is -1.05. The van der Waals surface area contributed by atoms with Crippen LogP contribution in [-0.2, 0) is 9.59 Å². The fourth-order valence-corrected chi connectivity index (χ4v) is 3.19. The number of nitrogens with one attached hydrogen (secondary N) is 1. The van der Waals surface area contributed by atoms with Crippen molar-refractivity contribution >= 4 is 17.6 Å². The van der Waals surface area contributed by atoms with Gasteiger partial charge in [0.25, 0.3) is 0 Å². The molecule has 0 spiro atoms. The van der Waals surface area contributed by atoms with E-state index in [0.29, 0.717) is 24.7 Å². The number of carboxylic acids is 1. The molecule has 7 heteroatoms. The number of aliphatic carboxylic acids is 1. The molecule has 1 heterocycles. The van der Waals surface area contributed by atoms with Gasteiger partial charge in [0.1, 0.15) is 19.0 Å². The number of carbonyl (C=O) groups is 2. The van der Waals surface area contributed by atoms with Crippen LogP contribution in [0.2, 0.25) is 0 Å². The Kier molecular flexibility index (Phi) is 4.58. The van der Waals surface area contributed by atoms with E-state index in [1.54, 1.807) is 24.3 Å². The Morgan fingerprint density at radius 1 is 1.11 bits per heavy atom. The standard InChI is InChI=1S/C20H19NO6/c22-19(23)11-27-14-3-1-2-13(9-14)21-20(24)16-10-15(16)12-4-5-17-18(8-12)26-7-6-25-17/h1-5,8-9,15-16H,6-7,10-11H2,(H,21,24)(H,22,23). The molecule has 0 radical (unpaired) electrons. The molecule has 1 saturated carbocycles. The van der Waals surface area contributed by atoms with Gasteiger partial charge in [-0.2, -0.15) is 0 Å². The summed E-state index contributed by atoms with van der Waals surface area (Å²) in [6.07, 6.45) is 0.778. The van der Waals surface area contributed by atoms with Crippen LogP contribution in [-0.4, -0.2) is 36.8 Å². The highest BCUT2D eigenvalue weighted by Crippen LogP contribution is 2.49. The number of hydrogen-bond donors (Lipinski definition) is 2. The van der Waals surface area contributed by atoms with Crippen molar-refractivity contribution in [2.24, 2.45) is 5.92 Å². The molecule has 7 nitrogen and oxygen atoms in total. The molecular weight excluding hydrogens is 350 g/mol. The Hall–Kier alpha value is -3.22. The number of amides is 1. The van der Waals surface area contributed by atoms with Crippen LogP contribution in [0.15, 0.2) is 42.5 Å². The van der Waals surface area contributed by atoms with Crippen LogP contribution in [0.3, 0.4) is 0 Å². The van der Waals surface area contributed by atoms with Gasteiger partial charge in [-0.25, -0.2) is 4.79 Å². The van der Waals surface area contributed by atoms with Crippen molar-refractivity contribution in [3.63, 3.8) is 0 Å². The molecule has 1 aliphatic heterocycles. The Bertz CT molecular complexity index is 881. The summed E-state index contributed by atoms with van der Waals surface area (Å²) < 4.78 is 16.3. The highest BCUT2D eigenvalue weighted by atomic mass is 16.6. The van der Waals surface area contributed by atoms with Gasteiger partial charge < -0.3 is 24.6 Å². The highest BCUT2D eigenvalue weighted by Gasteiger charge is 2.44. The maximum atomic E-state index is 12.5. The van der Waals surface area contributed by atoms with Crippen molar-refractivity contribution < 1.29 is 28.9 Å². The molecule has 2 aromatic carbocycles. The Morgan fingerprint density at radius 3 is 2.74 bits per heavy atom. The topological polar surface area (TPSA) is 94.1 Å². The summed E-state index contributed by atoms with van der Waals surface area (Å²) in [4.78, 5) is 23.1. The molecule has 1 aliphatic carbocycles. The second-order valence-electron chi connectivity index (χ2n) is 6.55. The first kappa shape index (κ1) is 17.2. The second kappa shape index (κ2) is 7.19. The van der Waals surface area contributed by atoms with Crippen LogP contribution in [0.4, 0.5) is 5.69 Å². The number of anilines is 1. The van der Waals surface area contributed by atoms with Crippen LogP contribution < -0.4 is 19.5 Å². The summed E-state index contributed by atoms with van der Waals surface area (Å²) in [5, 5.41) is 11.5. The van der Waals surface area contributed by atoms with Gasteiger partial charge in [-0.15, -0.1) is 0 Å².